The first-order valence-electron chi connectivity index (χ1n) is 8.64. The van der Waals surface area contributed by atoms with E-state index in [4.69, 9.17) is 11.6 Å². The molecule has 1 aromatic heterocycles. The van der Waals surface area contributed by atoms with Crippen LogP contribution in [0.1, 0.15) is 41.0 Å². The lowest BCUT2D eigenvalue weighted by Gasteiger charge is -2.01. The van der Waals surface area contributed by atoms with Gasteiger partial charge in [-0.1, -0.05) is 49.7 Å². The van der Waals surface area contributed by atoms with Crippen LogP contribution in [-0.2, 0) is 0 Å². The zero-order valence-corrected chi connectivity index (χ0v) is 16.3. The third kappa shape index (κ3) is 4.93. The van der Waals surface area contributed by atoms with Crippen LogP contribution >= 0.6 is 11.6 Å². The van der Waals surface area contributed by atoms with Crippen molar-refractivity contribution in [3.8, 4) is 11.3 Å². The molecule has 0 aliphatic rings. The van der Waals surface area contributed by atoms with Gasteiger partial charge in [0.05, 0.1) is 11.4 Å². The molecule has 0 fully saturated rings. The highest BCUT2D eigenvalue weighted by Gasteiger charge is 2.05. The van der Waals surface area contributed by atoms with Crippen LogP contribution in [-0.4, -0.2) is 16.0 Å². The molecule has 3 nitrogen and oxygen atoms in total. The second-order valence-corrected chi connectivity index (χ2v) is 6.15. The van der Waals surface area contributed by atoms with E-state index in [1.54, 1.807) is 12.2 Å². The molecule has 3 rings (SSSR count). The number of halogens is 1. The Balaban J connectivity index is 0.00000117. The first-order valence-corrected chi connectivity index (χ1v) is 9.02. The number of ketones is 1. The summed E-state index contributed by atoms with van der Waals surface area (Å²) in [6, 6.07) is 15.1. The molecule has 0 spiro atoms. The fraction of sp³-hybridized carbons (Fsp3) is 0.182. The van der Waals surface area contributed by atoms with E-state index in [0.29, 0.717) is 10.6 Å². The molecule has 0 saturated heterocycles. The number of aromatic amines is 1. The van der Waals surface area contributed by atoms with Gasteiger partial charge in [0.1, 0.15) is 0 Å². The standard InChI is InChI=1S/C20H17ClN2O.C2H6/c1-13-3-4-16(11-14(13)2)20(24)10-9-18-12-19(23-22-18)15-5-7-17(21)8-6-15;1-2/h3-12H,1-2H3,(H,22,23);1-2H3/b10-9+;. The lowest BCUT2D eigenvalue weighted by molar-refractivity contribution is 0.104. The van der Waals surface area contributed by atoms with E-state index in [0.717, 1.165) is 22.5 Å². The van der Waals surface area contributed by atoms with Crippen LogP contribution in [0.4, 0.5) is 0 Å². The highest BCUT2D eigenvalue weighted by atomic mass is 35.5. The summed E-state index contributed by atoms with van der Waals surface area (Å²) in [6.07, 6.45) is 3.30. The summed E-state index contributed by atoms with van der Waals surface area (Å²) in [5, 5.41) is 7.87. The first-order chi connectivity index (χ1) is 12.5. The van der Waals surface area contributed by atoms with Gasteiger partial charge < -0.3 is 0 Å². The van der Waals surface area contributed by atoms with Crippen molar-refractivity contribution in [1.82, 2.24) is 10.2 Å². The predicted molar refractivity (Wildman–Crippen MR) is 110 cm³/mol. The van der Waals surface area contributed by atoms with Gasteiger partial charge in [-0.15, -0.1) is 0 Å². The van der Waals surface area contributed by atoms with E-state index < -0.39 is 0 Å². The Hall–Kier alpha value is -2.65. The summed E-state index contributed by atoms with van der Waals surface area (Å²) < 4.78 is 0. The van der Waals surface area contributed by atoms with Gasteiger partial charge in [0.2, 0.25) is 0 Å². The Morgan fingerprint density at radius 2 is 1.69 bits per heavy atom. The highest BCUT2D eigenvalue weighted by molar-refractivity contribution is 6.30. The minimum atomic E-state index is -0.0271. The number of hydrogen-bond acceptors (Lipinski definition) is 2. The van der Waals surface area contributed by atoms with Gasteiger partial charge in [0, 0.05) is 16.1 Å². The summed E-state index contributed by atoms with van der Waals surface area (Å²) in [5.41, 5.74) is 5.53. The molecule has 1 heterocycles. The summed E-state index contributed by atoms with van der Waals surface area (Å²) in [6.45, 7) is 8.03. The van der Waals surface area contributed by atoms with E-state index in [1.807, 2.05) is 76.2 Å². The normalized spacial score (nSPS) is 10.5. The van der Waals surface area contributed by atoms with Gasteiger partial charge in [-0.2, -0.15) is 5.10 Å². The number of rotatable bonds is 4. The number of carbonyl (C=O) groups excluding carboxylic acids is 1. The molecule has 3 aromatic rings. The van der Waals surface area contributed by atoms with Gasteiger partial charge >= 0.3 is 0 Å². The van der Waals surface area contributed by atoms with Gasteiger partial charge in [-0.25, -0.2) is 0 Å². The zero-order valence-electron chi connectivity index (χ0n) is 15.5. The van der Waals surface area contributed by atoms with Crippen molar-refractivity contribution in [1.29, 1.82) is 0 Å². The molecule has 0 radical (unpaired) electrons. The topological polar surface area (TPSA) is 45.8 Å². The van der Waals surface area contributed by atoms with E-state index in [-0.39, 0.29) is 5.78 Å². The highest BCUT2D eigenvalue weighted by Crippen LogP contribution is 2.20. The minimum Gasteiger partial charge on any atom is -0.289 e. The maximum atomic E-state index is 12.3. The number of nitrogens with zero attached hydrogens (tertiary/aromatic N) is 1. The van der Waals surface area contributed by atoms with Crippen LogP contribution in [0.5, 0.6) is 0 Å². The van der Waals surface area contributed by atoms with Crippen LogP contribution in [0.2, 0.25) is 5.02 Å². The number of H-pyrrole nitrogens is 1. The summed E-state index contributed by atoms with van der Waals surface area (Å²) in [5.74, 6) is -0.0271. The molecule has 134 valence electrons. The molecular weight excluding hydrogens is 344 g/mol. The number of benzene rings is 2. The lowest BCUT2D eigenvalue weighted by Crippen LogP contribution is -1.95. The minimum absolute atomic E-state index is 0.0271. The first kappa shape index (κ1) is 19.7. The van der Waals surface area contributed by atoms with E-state index >= 15 is 0 Å². The average Bonchev–Trinajstić information content (AvgIpc) is 3.13. The molecule has 0 atom stereocenters. The largest absolute Gasteiger partial charge is 0.289 e. The number of hydrogen-bond donors (Lipinski definition) is 1. The molecule has 2 aromatic carbocycles. The van der Waals surface area contributed by atoms with Crippen LogP contribution in [0.15, 0.2) is 54.6 Å². The van der Waals surface area contributed by atoms with Crippen molar-refractivity contribution in [3.05, 3.63) is 82.0 Å². The Morgan fingerprint density at radius 3 is 2.35 bits per heavy atom. The van der Waals surface area contributed by atoms with Crippen molar-refractivity contribution < 1.29 is 4.79 Å². The molecule has 0 unspecified atom stereocenters. The second kappa shape index (κ2) is 9.16. The Morgan fingerprint density at radius 1 is 1.00 bits per heavy atom. The molecule has 0 amide bonds. The number of carbonyl (C=O) groups is 1. The number of nitrogens with one attached hydrogen (secondary N) is 1. The number of aryl methyl sites for hydroxylation is 2. The number of aromatic nitrogens is 2. The average molecular weight is 367 g/mol. The van der Waals surface area contributed by atoms with Gasteiger partial charge in [-0.3, -0.25) is 9.89 Å². The molecule has 0 bridgehead atoms. The Kier molecular flexibility index (Phi) is 6.93. The van der Waals surface area contributed by atoms with Gasteiger partial charge in [0.25, 0.3) is 0 Å². The SMILES string of the molecule is CC.Cc1ccc(C(=O)/C=C/c2cc(-c3ccc(Cl)cc3)n[nH]2)cc1C. The van der Waals surface area contributed by atoms with Crippen molar-refractivity contribution in [2.75, 3.05) is 0 Å². The quantitative estimate of drug-likeness (QED) is 0.437. The van der Waals surface area contributed by atoms with Gasteiger partial charge in [0.15, 0.2) is 5.78 Å². The van der Waals surface area contributed by atoms with Crippen LogP contribution < -0.4 is 0 Å². The Labute approximate surface area is 159 Å². The van der Waals surface area contributed by atoms with Crippen molar-refractivity contribution >= 4 is 23.5 Å². The molecule has 0 saturated carbocycles. The van der Waals surface area contributed by atoms with Gasteiger partial charge in [-0.05, 0) is 61.4 Å². The maximum Gasteiger partial charge on any atom is 0.185 e. The third-order valence-corrected chi connectivity index (χ3v) is 4.20. The maximum absolute atomic E-state index is 12.3. The third-order valence-electron chi connectivity index (χ3n) is 3.94. The zero-order chi connectivity index (χ0) is 19.1. The van der Waals surface area contributed by atoms with E-state index in [1.165, 1.54) is 5.56 Å². The summed E-state index contributed by atoms with van der Waals surface area (Å²) >= 11 is 5.89. The number of allylic oxidation sites excluding steroid dienone is 1. The monoisotopic (exact) mass is 366 g/mol. The van der Waals surface area contributed by atoms with Crippen LogP contribution in [0, 0.1) is 13.8 Å². The van der Waals surface area contributed by atoms with Crippen molar-refractivity contribution in [2.24, 2.45) is 0 Å². The Bertz CT molecular complexity index is 908. The van der Waals surface area contributed by atoms with Crippen LogP contribution in [0.3, 0.4) is 0 Å². The molecular formula is C22H23ClN2O. The molecule has 26 heavy (non-hydrogen) atoms. The van der Waals surface area contributed by atoms with Crippen molar-refractivity contribution in [3.63, 3.8) is 0 Å². The fourth-order valence-corrected chi connectivity index (χ4v) is 2.47. The van der Waals surface area contributed by atoms with E-state index in [2.05, 4.69) is 10.2 Å². The van der Waals surface area contributed by atoms with Crippen LogP contribution in [0.25, 0.3) is 17.3 Å². The second-order valence-electron chi connectivity index (χ2n) is 5.71. The van der Waals surface area contributed by atoms with Crippen molar-refractivity contribution in [2.45, 2.75) is 27.7 Å². The summed E-state index contributed by atoms with van der Waals surface area (Å²) in [7, 11) is 0. The molecule has 1 N–H and O–H groups in total. The summed E-state index contributed by atoms with van der Waals surface area (Å²) in [4.78, 5) is 12.3. The smallest absolute Gasteiger partial charge is 0.185 e. The predicted octanol–water partition coefficient (Wildman–Crippen LogP) is 6.27. The lowest BCUT2D eigenvalue weighted by atomic mass is 10.0. The molecule has 0 aliphatic carbocycles. The fourth-order valence-electron chi connectivity index (χ4n) is 2.35. The molecule has 0 aliphatic heterocycles. The molecule has 4 heteroatoms. The van der Waals surface area contributed by atoms with E-state index in [9.17, 15) is 4.79 Å².